The van der Waals surface area contributed by atoms with E-state index >= 15 is 8.78 Å². The number of hydrogen-bond acceptors (Lipinski definition) is 1. The predicted octanol–water partition coefficient (Wildman–Crippen LogP) is 9.77. The molecule has 0 aliphatic rings. The molecular weight excluding hydrogens is 426 g/mol. The van der Waals surface area contributed by atoms with E-state index in [1.54, 1.807) is 24.3 Å². The molecule has 0 spiro atoms. The Morgan fingerprint density at radius 2 is 1.18 bits per heavy atom. The van der Waals surface area contributed by atoms with Crippen LogP contribution in [-0.4, -0.2) is 6.10 Å². The average Bonchev–Trinajstić information content (AvgIpc) is 2.85. The fraction of sp³-hybridized carbons (Fsp3) is 0.419. The summed E-state index contributed by atoms with van der Waals surface area (Å²) >= 11 is 0. The lowest BCUT2D eigenvalue weighted by atomic mass is 9.97. The molecule has 0 fully saturated rings. The molecular formula is C31H38F2O. The lowest BCUT2D eigenvalue weighted by Gasteiger charge is -2.15. The van der Waals surface area contributed by atoms with Gasteiger partial charge in [0.15, 0.2) is 11.6 Å². The van der Waals surface area contributed by atoms with E-state index in [-0.39, 0.29) is 11.7 Å². The summed E-state index contributed by atoms with van der Waals surface area (Å²) in [5, 5.41) is 0. The molecule has 3 rings (SSSR count). The van der Waals surface area contributed by atoms with Crippen molar-refractivity contribution in [3.63, 3.8) is 0 Å². The molecule has 1 atom stereocenters. The summed E-state index contributed by atoms with van der Waals surface area (Å²) < 4.78 is 36.0. The van der Waals surface area contributed by atoms with Crippen LogP contribution in [0.4, 0.5) is 8.78 Å². The molecule has 1 unspecified atom stereocenters. The Bertz CT molecular complexity index is 1010. The van der Waals surface area contributed by atoms with Crippen LogP contribution in [0.15, 0.2) is 60.7 Å². The normalized spacial score (nSPS) is 12.0. The highest BCUT2D eigenvalue weighted by molar-refractivity contribution is 5.72. The molecule has 0 amide bonds. The van der Waals surface area contributed by atoms with Crippen LogP contribution in [-0.2, 0) is 6.42 Å². The molecule has 34 heavy (non-hydrogen) atoms. The van der Waals surface area contributed by atoms with Gasteiger partial charge in [-0.2, -0.15) is 0 Å². The van der Waals surface area contributed by atoms with Crippen molar-refractivity contribution < 1.29 is 13.5 Å². The Labute approximate surface area is 204 Å². The van der Waals surface area contributed by atoms with Gasteiger partial charge in [-0.3, -0.25) is 0 Å². The van der Waals surface area contributed by atoms with E-state index in [9.17, 15) is 0 Å². The summed E-state index contributed by atoms with van der Waals surface area (Å²) in [6, 6.07) is 18.4. The molecule has 0 saturated heterocycles. The van der Waals surface area contributed by atoms with Gasteiger partial charge in [0.1, 0.15) is 5.75 Å². The Hall–Kier alpha value is -2.68. The number of unbranched alkanes of at least 4 members (excludes halogenated alkanes) is 5. The maximum absolute atomic E-state index is 15.0. The zero-order valence-electron chi connectivity index (χ0n) is 20.9. The third-order valence-electron chi connectivity index (χ3n) is 6.38. The minimum Gasteiger partial charge on any atom is -0.491 e. The zero-order valence-corrected chi connectivity index (χ0v) is 20.9. The molecule has 0 heterocycles. The second-order valence-corrected chi connectivity index (χ2v) is 9.24. The minimum atomic E-state index is -0.817. The van der Waals surface area contributed by atoms with Gasteiger partial charge in [0.2, 0.25) is 0 Å². The van der Waals surface area contributed by atoms with E-state index < -0.39 is 11.6 Å². The van der Waals surface area contributed by atoms with Crippen molar-refractivity contribution in [3.8, 4) is 28.0 Å². The number of hydrogen-bond donors (Lipinski definition) is 0. The van der Waals surface area contributed by atoms with Crippen LogP contribution in [0, 0.1) is 11.6 Å². The second-order valence-electron chi connectivity index (χ2n) is 9.24. The smallest absolute Gasteiger partial charge is 0.167 e. The van der Waals surface area contributed by atoms with Crippen LogP contribution >= 0.6 is 0 Å². The summed E-state index contributed by atoms with van der Waals surface area (Å²) in [6.07, 6.45) is 10.6. The van der Waals surface area contributed by atoms with Crippen molar-refractivity contribution in [1.29, 1.82) is 0 Å². The van der Waals surface area contributed by atoms with Gasteiger partial charge in [-0.25, -0.2) is 8.78 Å². The topological polar surface area (TPSA) is 9.23 Å². The van der Waals surface area contributed by atoms with Crippen molar-refractivity contribution in [2.75, 3.05) is 0 Å². The van der Waals surface area contributed by atoms with Crippen LogP contribution in [0.25, 0.3) is 22.3 Å². The number of ether oxygens (including phenoxy) is 1. The van der Waals surface area contributed by atoms with E-state index in [1.165, 1.54) is 37.7 Å². The third-order valence-corrected chi connectivity index (χ3v) is 6.38. The minimum absolute atomic E-state index is 0.134. The largest absolute Gasteiger partial charge is 0.491 e. The van der Waals surface area contributed by atoms with Crippen LogP contribution in [0.3, 0.4) is 0 Å². The first kappa shape index (κ1) is 25.9. The number of halogens is 2. The molecule has 182 valence electrons. The molecule has 0 aliphatic carbocycles. The van der Waals surface area contributed by atoms with Gasteiger partial charge >= 0.3 is 0 Å². The fourth-order valence-electron chi connectivity index (χ4n) is 4.29. The van der Waals surface area contributed by atoms with E-state index in [4.69, 9.17) is 4.74 Å². The van der Waals surface area contributed by atoms with Gasteiger partial charge in [0.05, 0.1) is 6.10 Å². The van der Waals surface area contributed by atoms with Crippen LogP contribution in [0.2, 0.25) is 0 Å². The Balaban J connectivity index is 1.67. The lowest BCUT2D eigenvalue weighted by Crippen LogP contribution is -2.11. The van der Waals surface area contributed by atoms with Crippen molar-refractivity contribution in [2.24, 2.45) is 0 Å². The molecule has 0 radical (unpaired) electrons. The first-order valence-corrected chi connectivity index (χ1v) is 12.9. The van der Waals surface area contributed by atoms with Crippen molar-refractivity contribution in [3.05, 3.63) is 77.9 Å². The molecule has 3 aromatic rings. The summed E-state index contributed by atoms with van der Waals surface area (Å²) in [5.74, 6) is -0.872. The van der Waals surface area contributed by atoms with Gasteiger partial charge in [-0.1, -0.05) is 94.5 Å². The Kier molecular flexibility index (Phi) is 10.1. The molecule has 1 nitrogen and oxygen atoms in total. The first-order chi connectivity index (χ1) is 16.5. The summed E-state index contributed by atoms with van der Waals surface area (Å²) in [6.45, 7) is 6.46. The molecule has 0 aliphatic heterocycles. The molecule has 0 saturated carbocycles. The zero-order chi connectivity index (χ0) is 24.3. The number of benzene rings is 3. The van der Waals surface area contributed by atoms with Gasteiger partial charge in [0, 0.05) is 11.1 Å². The van der Waals surface area contributed by atoms with E-state index in [0.29, 0.717) is 16.7 Å². The SMILES string of the molecule is CCCCCCC(C)Oc1ccc(-c2ccc(-c3ccc(CCCCC)cc3)c(F)c2F)cc1. The van der Waals surface area contributed by atoms with Crippen molar-refractivity contribution >= 4 is 0 Å². The van der Waals surface area contributed by atoms with Crippen molar-refractivity contribution in [1.82, 2.24) is 0 Å². The van der Waals surface area contributed by atoms with Crippen LogP contribution < -0.4 is 4.74 Å². The van der Waals surface area contributed by atoms with Gasteiger partial charge < -0.3 is 4.74 Å². The summed E-state index contributed by atoms with van der Waals surface area (Å²) in [5.41, 5.74) is 3.11. The van der Waals surface area contributed by atoms with Crippen molar-refractivity contribution in [2.45, 2.75) is 84.7 Å². The Morgan fingerprint density at radius 1 is 0.647 bits per heavy atom. The average molecular weight is 465 g/mol. The van der Waals surface area contributed by atoms with Gasteiger partial charge in [-0.05, 0) is 61.4 Å². The number of rotatable bonds is 13. The molecule has 0 bridgehead atoms. The summed E-state index contributed by atoms with van der Waals surface area (Å²) in [7, 11) is 0. The van der Waals surface area contributed by atoms with Crippen LogP contribution in [0.1, 0.15) is 77.7 Å². The van der Waals surface area contributed by atoms with Gasteiger partial charge in [-0.15, -0.1) is 0 Å². The van der Waals surface area contributed by atoms with Gasteiger partial charge in [0.25, 0.3) is 0 Å². The molecule has 0 aromatic heterocycles. The maximum atomic E-state index is 15.0. The summed E-state index contributed by atoms with van der Waals surface area (Å²) in [4.78, 5) is 0. The lowest BCUT2D eigenvalue weighted by molar-refractivity contribution is 0.206. The Morgan fingerprint density at radius 3 is 1.74 bits per heavy atom. The van der Waals surface area contributed by atoms with E-state index in [2.05, 4.69) is 20.8 Å². The third kappa shape index (κ3) is 7.16. The van der Waals surface area contributed by atoms with E-state index in [1.807, 2.05) is 36.4 Å². The highest BCUT2D eigenvalue weighted by Crippen LogP contribution is 2.32. The molecule has 3 aromatic carbocycles. The quantitative estimate of drug-likeness (QED) is 0.229. The standard InChI is InChI=1S/C31H38F2O/c1-4-6-8-10-11-23(3)34-27-19-17-26(18-20-27)29-22-21-28(30(32)31(29)33)25-15-13-24(14-16-25)12-9-7-5-2/h13-23H,4-12H2,1-3H3. The van der Waals surface area contributed by atoms with Crippen LogP contribution in [0.5, 0.6) is 5.75 Å². The fourth-order valence-corrected chi connectivity index (χ4v) is 4.29. The maximum Gasteiger partial charge on any atom is 0.167 e. The monoisotopic (exact) mass is 464 g/mol. The second kappa shape index (κ2) is 13.3. The highest BCUT2D eigenvalue weighted by atomic mass is 19.2. The van der Waals surface area contributed by atoms with E-state index in [0.717, 1.165) is 31.4 Å². The first-order valence-electron chi connectivity index (χ1n) is 12.9. The molecule has 0 N–H and O–H groups in total. The molecule has 3 heteroatoms. The highest BCUT2D eigenvalue weighted by Gasteiger charge is 2.16. The predicted molar refractivity (Wildman–Crippen MR) is 139 cm³/mol. The number of aryl methyl sites for hydroxylation is 1.